The van der Waals surface area contributed by atoms with Crippen LogP contribution in [0.4, 0.5) is 5.69 Å². The summed E-state index contributed by atoms with van der Waals surface area (Å²) in [5.41, 5.74) is 1.09. The van der Waals surface area contributed by atoms with E-state index in [-0.39, 0.29) is 24.1 Å². The van der Waals surface area contributed by atoms with Crippen LogP contribution in [0.1, 0.15) is 82.0 Å². The van der Waals surface area contributed by atoms with E-state index in [4.69, 9.17) is 4.52 Å². The second kappa shape index (κ2) is 10.8. The molecule has 2 aromatic rings. The molecule has 9 nitrogen and oxygen atoms in total. The Morgan fingerprint density at radius 2 is 1.94 bits per heavy atom. The van der Waals surface area contributed by atoms with Crippen molar-refractivity contribution in [1.29, 1.82) is 0 Å². The summed E-state index contributed by atoms with van der Waals surface area (Å²) in [4.78, 5) is 42.7. The molecule has 0 unspecified atom stereocenters. The first-order valence-electron chi connectivity index (χ1n) is 12.2. The fourth-order valence-electron chi connectivity index (χ4n) is 4.91. The van der Waals surface area contributed by atoms with Gasteiger partial charge in [0.25, 0.3) is 0 Å². The van der Waals surface area contributed by atoms with E-state index in [0.717, 1.165) is 57.1 Å². The van der Waals surface area contributed by atoms with Crippen molar-refractivity contribution in [3.8, 4) is 0 Å². The SMILES string of the molecule is CC(=O)NC1(c2noc(CCC(=O)Nc3cccc(CN4CCCC4=O)c3)n2)CCCCCC1. The van der Waals surface area contributed by atoms with Crippen molar-refractivity contribution < 1.29 is 18.9 Å². The maximum Gasteiger partial charge on any atom is 0.227 e. The highest BCUT2D eigenvalue weighted by Crippen LogP contribution is 2.34. The van der Waals surface area contributed by atoms with E-state index in [2.05, 4.69) is 20.8 Å². The lowest BCUT2D eigenvalue weighted by molar-refractivity contribution is -0.128. The minimum absolute atomic E-state index is 0.107. The van der Waals surface area contributed by atoms with Gasteiger partial charge in [0.2, 0.25) is 23.6 Å². The van der Waals surface area contributed by atoms with Gasteiger partial charge < -0.3 is 20.1 Å². The maximum atomic E-state index is 12.5. The average Bonchev–Trinajstić information content (AvgIpc) is 3.37. The summed E-state index contributed by atoms with van der Waals surface area (Å²) in [6, 6.07) is 7.57. The van der Waals surface area contributed by atoms with Crippen LogP contribution in [0.5, 0.6) is 0 Å². The van der Waals surface area contributed by atoms with Gasteiger partial charge in [0.1, 0.15) is 5.54 Å². The summed E-state index contributed by atoms with van der Waals surface area (Å²) < 4.78 is 5.44. The van der Waals surface area contributed by atoms with E-state index in [1.807, 2.05) is 29.2 Å². The molecule has 1 aromatic heterocycles. The predicted octanol–water partition coefficient (Wildman–Crippen LogP) is 3.45. The first-order chi connectivity index (χ1) is 16.4. The summed E-state index contributed by atoms with van der Waals surface area (Å²) in [5, 5.41) is 10.2. The van der Waals surface area contributed by atoms with Crippen LogP contribution in [0.2, 0.25) is 0 Å². The minimum atomic E-state index is -0.594. The number of benzene rings is 1. The van der Waals surface area contributed by atoms with Crippen LogP contribution in [-0.2, 0) is 32.9 Å². The molecule has 0 atom stereocenters. The summed E-state index contributed by atoms with van der Waals surface area (Å²) in [6.45, 7) is 2.85. The third-order valence-electron chi connectivity index (χ3n) is 6.59. The lowest BCUT2D eigenvalue weighted by Gasteiger charge is -2.30. The van der Waals surface area contributed by atoms with Crippen LogP contribution >= 0.6 is 0 Å². The lowest BCUT2D eigenvalue weighted by atomic mass is 9.89. The zero-order chi connectivity index (χ0) is 24.0. The van der Waals surface area contributed by atoms with E-state index >= 15 is 0 Å². The second-order valence-electron chi connectivity index (χ2n) is 9.36. The molecular formula is C25H33N5O4. The van der Waals surface area contributed by atoms with Crippen LogP contribution < -0.4 is 10.6 Å². The number of aryl methyl sites for hydroxylation is 1. The third kappa shape index (κ3) is 6.01. The van der Waals surface area contributed by atoms with Crippen molar-refractivity contribution in [1.82, 2.24) is 20.4 Å². The zero-order valence-electron chi connectivity index (χ0n) is 19.8. The van der Waals surface area contributed by atoms with Crippen LogP contribution in [0, 0.1) is 0 Å². The molecule has 182 valence electrons. The normalized spacial score (nSPS) is 17.9. The number of hydrogen-bond acceptors (Lipinski definition) is 6. The fourth-order valence-corrected chi connectivity index (χ4v) is 4.91. The summed E-state index contributed by atoms with van der Waals surface area (Å²) >= 11 is 0. The first-order valence-corrected chi connectivity index (χ1v) is 12.2. The number of aromatic nitrogens is 2. The molecule has 2 fully saturated rings. The number of hydrogen-bond donors (Lipinski definition) is 2. The molecule has 4 rings (SSSR count). The van der Waals surface area contributed by atoms with Gasteiger partial charge in [-0.3, -0.25) is 14.4 Å². The Bertz CT molecular complexity index is 1030. The first kappa shape index (κ1) is 23.9. The van der Waals surface area contributed by atoms with Gasteiger partial charge in [0, 0.05) is 45.0 Å². The molecule has 3 amide bonds. The van der Waals surface area contributed by atoms with Gasteiger partial charge in [-0.05, 0) is 37.0 Å². The number of nitrogens with one attached hydrogen (secondary N) is 2. The topological polar surface area (TPSA) is 117 Å². The smallest absolute Gasteiger partial charge is 0.227 e. The summed E-state index contributed by atoms with van der Waals surface area (Å²) in [5.74, 6) is 0.811. The average molecular weight is 468 g/mol. The molecule has 2 aliphatic rings. The number of likely N-dealkylation sites (tertiary alicyclic amines) is 1. The van der Waals surface area contributed by atoms with Gasteiger partial charge in [0.15, 0.2) is 5.82 Å². The zero-order valence-corrected chi connectivity index (χ0v) is 19.8. The van der Waals surface area contributed by atoms with E-state index in [1.54, 1.807) is 0 Å². The van der Waals surface area contributed by atoms with Gasteiger partial charge in [-0.2, -0.15) is 4.98 Å². The number of nitrogens with zero attached hydrogens (tertiary/aromatic N) is 3. The number of carbonyl (C=O) groups excluding carboxylic acids is 3. The monoisotopic (exact) mass is 467 g/mol. The van der Waals surface area contributed by atoms with Crippen molar-refractivity contribution in [3.63, 3.8) is 0 Å². The van der Waals surface area contributed by atoms with E-state index in [9.17, 15) is 14.4 Å². The van der Waals surface area contributed by atoms with Crippen LogP contribution in [0.25, 0.3) is 0 Å². The van der Waals surface area contributed by atoms with Crippen molar-refractivity contribution in [3.05, 3.63) is 41.5 Å². The molecule has 1 aliphatic carbocycles. The Labute approximate surface area is 199 Å². The van der Waals surface area contributed by atoms with Crippen molar-refractivity contribution >= 4 is 23.4 Å². The molecule has 2 heterocycles. The lowest BCUT2D eigenvalue weighted by Crippen LogP contribution is -2.45. The Balaban J connectivity index is 1.33. The van der Waals surface area contributed by atoms with Crippen LogP contribution in [0.15, 0.2) is 28.8 Å². The molecule has 1 saturated carbocycles. The highest BCUT2D eigenvalue weighted by Gasteiger charge is 2.38. The highest BCUT2D eigenvalue weighted by atomic mass is 16.5. The highest BCUT2D eigenvalue weighted by molar-refractivity contribution is 5.90. The summed E-state index contributed by atoms with van der Waals surface area (Å²) in [7, 11) is 0. The number of carbonyl (C=O) groups is 3. The predicted molar refractivity (Wildman–Crippen MR) is 126 cm³/mol. The van der Waals surface area contributed by atoms with E-state index < -0.39 is 5.54 Å². The molecular weight excluding hydrogens is 434 g/mol. The molecule has 0 radical (unpaired) electrons. The maximum absolute atomic E-state index is 12.5. The van der Waals surface area contributed by atoms with E-state index in [0.29, 0.717) is 36.8 Å². The van der Waals surface area contributed by atoms with Gasteiger partial charge in [-0.25, -0.2) is 0 Å². The second-order valence-corrected chi connectivity index (χ2v) is 9.36. The Morgan fingerprint density at radius 3 is 2.65 bits per heavy atom. The Morgan fingerprint density at radius 1 is 1.15 bits per heavy atom. The largest absolute Gasteiger partial charge is 0.343 e. The number of rotatable bonds is 8. The van der Waals surface area contributed by atoms with Crippen LogP contribution in [-0.4, -0.2) is 39.3 Å². The van der Waals surface area contributed by atoms with Gasteiger partial charge in [-0.1, -0.05) is 43.0 Å². The van der Waals surface area contributed by atoms with Crippen molar-refractivity contribution in [2.75, 3.05) is 11.9 Å². The molecule has 1 saturated heterocycles. The molecule has 0 spiro atoms. The summed E-state index contributed by atoms with van der Waals surface area (Å²) in [6.07, 6.45) is 7.84. The van der Waals surface area contributed by atoms with Gasteiger partial charge in [0.05, 0.1) is 0 Å². The fraction of sp³-hybridized carbons (Fsp3) is 0.560. The Hall–Kier alpha value is -3.23. The molecule has 1 aliphatic heterocycles. The molecule has 0 bridgehead atoms. The van der Waals surface area contributed by atoms with Crippen molar-refractivity contribution in [2.45, 2.75) is 83.2 Å². The third-order valence-corrected chi connectivity index (χ3v) is 6.59. The van der Waals surface area contributed by atoms with Crippen LogP contribution in [0.3, 0.4) is 0 Å². The standard InChI is InChI=1S/C25H33N5O4/c1-18(31)28-25(13-4-2-3-5-14-25)24-27-22(34-29-24)12-11-21(32)26-20-9-6-8-19(16-20)17-30-15-7-10-23(30)33/h6,8-9,16H,2-5,7,10-15,17H2,1H3,(H,26,32)(H,28,31). The van der Waals surface area contributed by atoms with Crippen molar-refractivity contribution in [2.24, 2.45) is 0 Å². The molecule has 9 heteroatoms. The number of amides is 3. The minimum Gasteiger partial charge on any atom is -0.343 e. The molecule has 34 heavy (non-hydrogen) atoms. The van der Waals surface area contributed by atoms with E-state index in [1.165, 1.54) is 6.92 Å². The number of anilines is 1. The van der Waals surface area contributed by atoms with Gasteiger partial charge >= 0.3 is 0 Å². The quantitative estimate of drug-likeness (QED) is 0.574. The molecule has 1 aromatic carbocycles. The molecule has 2 N–H and O–H groups in total. The Kier molecular flexibility index (Phi) is 7.59. The van der Waals surface area contributed by atoms with Gasteiger partial charge in [-0.15, -0.1) is 0 Å².